The van der Waals surface area contributed by atoms with Crippen LogP contribution < -0.4 is 16.6 Å². The van der Waals surface area contributed by atoms with E-state index in [1.54, 1.807) is 6.07 Å². The lowest BCUT2D eigenvalue weighted by Crippen LogP contribution is -2.46. The maximum absolute atomic E-state index is 12.9. The number of carbonyl (C=O) groups is 1. The van der Waals surface area contributed by atoms with Crippen molar-refractivity contribution in [2.24, 2.45) is 7.05 Å². The van der Waals surface area contributed by atoms with Gasteiger partial charge in [-0.25, -0.2) is 9.78 Å². The number of ether oxygens (including phenoxy) is 1. The minimum Gasteiger partial charge on any atom is -0.379 e. The third kappa shape index (κ3) is 4.09. The van der Waals surface area contributed by atoms with Gasteiger partial charge in [0.1, 0.15) is 5.65 Å². The van der Waals surface area contributed by atoms with Crippen molar-refractivity contribution >= 4 is 16.9 Å². The molecule has 146 valence electrons. The van der Waals surface area contributed by atoms with Crippen LogP contribution in [0.2, 0.25) is 0 Å². The molecule has 0 saturated carbocycles. The zero-order valence-electron chi connectivity index (χ0n) is 15.9. The zero-order valence-corrected chi connectivity index (χ0v) is 15.9. The fraction of sp³-hybridized carbons (Fsp3) is 0.556. The average molecular weight is 375 g/mol. The summed E-state index contributed by atoms with van der Waals surface area (Å²) in [5.74, 6) is -0.345. The van der Waals surface area contributed by atoms with Crippen LogP contribution in [0.4, 0.5) is 0 Å². The predicted octanol–water partition coefficient (Wildman–Crippen LogP) is -0.365. The van der Waals surface area contributed by atoms with Crippen molar-refractivity contribution < 1.29 is 9.53 Å². The lowest BCUT2D eigenvalue weighted by Gasteiger charge is -2.29. The van der Waals surface area contributed by atoms with Gasteiger partial charge in [0, 0.05) is 38.4 Å². The molecule has 1 amide bonds. The first-order valence-corrected chi connectivity index (χ1v) is 9.14. The third-order valence-corrected chi connectivity index (χ3v) is 4.74. The smallest absolute Gasteiger partial charge is 0.329 e. The quantitative estimate of drug-likeness (QED) is 0.738. The van der Waals surface area contributed by atoms with Gasteiger partial charge in [-0.2, -0.15) is 0 Å². The van der Waals surface area contributed by atoms with E-state index in [9.17, 15) is 14.4 Å². The van der Waals surface area contributed by atoms with Crippen molar-refractivity contribution in [3.05, 3.63) is 38.2 Å². The van der Waals surface area contributed by atoms with E-state index in [1.165, 1.54) is 11.6 Å². The van der Waals surface area contributed by atoms with Gasteiger partial charge in [0.05, 0.1) is 24.2 Å². The highest BCUT2D eigenvalue weighted by Gasteiger charge is 2.21. The number of aromatic nitrogens is 3. The maximum Gasteiger partial charge on any atom is 0.329 e. The molecule has 9 heteroatoms. The van der Waals surface area contributed by atoms with E-state index in [1.807, 2.05) is 13.8 Å². The average Bonchev–Trinajstić information content (AvgIpc) is 2.65. The first-order valence-electron chi connectivity index (χ1n) is 9.14. The molecule has 2 N–H and O–H groups in total. The third-order valence-electron chi connectivity index (χ3n) is 4.74. The van der Waals surface area contributed by atoms with Gasteiger partial charge in [-0.15, -0.1) is 0 Å². The monoisotopic (exact) mass is 375 g/mol. The van der Waals surface area contributed by atoms with E-state index in [-0.39, 0.29) is 28.5 Å². The summed E-state index contributed by atoms with van der Waals surface area (Å²) in [6.07, 6.45) is 0.584. The molecule has 1 fully saturated rings. The summed E-state index contributed by atoms with van der Waals surface area (Å²) in [5.41, 5.74) is -0.0553. The number of hydrogen-bond acceptors (Lipinski definition) is 6. The molecule has 0 spiro atoms. The Balaban J connectivity index is 1.92. The number of amides is 1. The van der Waals surface area contributed by atoms with Gasteiger partial charge in [0.15, 0.2) is 0 Å². The van der Waals surface area contributed by atoms with Gasteiger partial charge in [-0.1, -0.05) is 6.92 Å². The number of hydrogen-bond donors (Lipinski definition) is 2. The minimum absolute atomic E-state index is 0.101. The second-order valence-electron chi connectivity index (χ2n) is 6.82. The molecule has 1 aliphatic rings. The highest BCUT2D eigenvalue weighted by molar-refractivity contribution is 6.05. The Labute approximate surface area is 156 Å². The molecule has 1 atom stereocenters. The summed E-state index contributed by atoms with van der Waals surface area (Å²) in [6.45, 7) is 7.59. The fourth-order valence-electron chi connectivity index (χ4n) is 3.27. The van der Waals surface area contributed by atoms with Gasteiger partial charge in [-0.05, 0) is 19.4 Å². The Morgan fingerprint density at radius 1 is 1.37 bits per heavy atom. The van der Waals surface area contributed by atoms with Crippen LogP contribution in [0, 0.1) is 0 Å². The molecular weight excluding hydrogens is 350 g/mol. The van der Waals surface area contributed by atoms with E-state index in [0.717, 1.165) is 13.1 Å². The molecule has 0 bridgehead atoms. The largest absolute Gasteiger partial charge is 0.379 e. The van der Waals surface area contributed by atoms with Crippen LogP contribution in [0.5, 0.6) is 0 Å². The number of carbonyl (C=O) groups excluding carboxylic acids is 1. The second kappa shape index (κ2) is 8.01. The second-order valence-corrected chi connectivity index (χ2v) is 6.82. The highest BCUT2D eigenvalue weighted by atomic mass is 16.5. The predicted molar refractivity (Wildman–Crippen MR) is 101 cm³/mol. The SMILES string of the molecule is CCc1cc(C(=O)NC(C)CN2CCOCC2)c2c(=O)[nH]c(=O)n(C)c2n1. The van der Waals surface area contributed by atoms with Gasteiger partial charge in [-0.3, -0.25) is 24.0 Å². The summed E-state index contributed by atoms with van der Waals surface area (Å²) < 4.78 is 6.59. The van der Waals surface area contributed by atoms with Gasteiger partial charge in [0.2, 0.25) is 0 Å². The summed E-state index contributed by atoms with van der Waals surface area (Å²) in [4.78, 5) is 46.0. The fourth-order valence-corrected chi connectivity index (χ4v) is 3.27. The molecule has 0 aliphatic carbocycles. The van der Waals surface area contributed by atoms with Crippen LogP contribution in [0.3, 0.4) is 0 Å². The van der Waals surface area contributed by atoms with Gasteiger partial charge < -0.3 is 10.1 Å². The number of pyridine rings is 1. The number of nitrogens with zero attached hydrogens (tertiary/aromatic N) is 3. The van der Waals surface area contributed by atoms with Crippen molar-refractivity contribution in [1.82, 2.24) is 24.8 Å². The number of nitrogens with one attached hydrogen (secondary N) is 2. The van der Waals surface area contributed by atoms with E-state index in [4.69, 9.17) is 4.74 Å². The van der Waals surface area contributed by atoms with E-state index in [2.05, 4.69) is 20.2 Å². The Hall–Kier alpha value is -2.52. The molecule has 1 saturated heterocycles. The van der Waals surface area contributed by atoms with Crippen molar-refractivity contribution in [3.8, 4) is 0 Å². The Morgan fingerprint density at radius 2 is 2.07 bits per heavy atom. The summed E-state index contributed by atoms with van der Waals surface area (Å²) >= 11 is 0. The lowest BCUT2D eigenvalue weighted by atomic mass is 10.1. The number of morpholine rings is 1. The van der Waals surface area contributed by atoms with Crippen LogP contribution in [-0.2, 0) is 18.2 Å². The van der Waals surface area contributed by atoms with Crippen LogP contribution in [0.25, 0.3) is 11.0 Å². The molecule has 2 aromatic rings. The highest BCUT2D eigenvalue weighted by Crippen LogP contribution is 2.14. The van der Waals surface area contributed by atoms with E-state index >= 15 is 0 Å². The van der Waals surface area contributed by atoms with Crippen LogP contribution in [-0.4, -0.2) is 64.2 Å². The van der Waals surface area contributed by atoms with E-state index < -0.39 is 11.2 Å². The topological polar surface area (TPSA) is 109 Å². The number of aryl methyl sites for hydroxylation is 2. The van der Waals surface area contributed by atoms with Gasteiger partial charge in [0.25, 0.3) is 11.5 Å². The molecule has 1 unspecified atom stereocenters. The first kappa shape index (κ1) is 19.2. The molecule has 9 nitrogen and oxygen atoms in total. The number of fused-ring (bicyclic) bond motifs is 1. The Kier molecular flexibility index (Phi) is 5.71. The first-order chi connectivity index (χ1) is 12.9. The molecular formula is C18H25N5O4. The number of H-pyrrole nitrogens is 1. The maximum atomic E-state index is 12.9. The molecule has 27 heavy (non-hydrogen) atoms. The standard InChI is InChI=1S/C18H25N5O4/c1-4-12-9-13(14-15(20-12)22(3)18(26)21-17(14)25)16(24)19-11(2)10-23-5-7-27-8-6-23/h9,11H,4-8,10H2,1-3H3,(H,19,24)(H,21,25,26). The van der Waals surface area contributed by atoms with Crippen LogP contribution in [0.15, 0.2) is 15.7 Å². The van der Waals surface area contributed by atoms with Gasteiger partial charge >= 0.3 is 5.69 Å². The molecule has 3 rings (SSSR count). The lowest BCUT2D eigenvalue weighted by molar-refractivity contribution is 0.0342. The molecule has 0 aromatic carbocycles. The van der Waals surface area contributed by atoms with Crippen molar-refractivity contribution in [1.29, 1.82) is 0 Å². The molecule has 2 aromatic heterocycles. The zero-order chi connectivity index (χ0) is 19.6. The Bertz CT molecular complexity index is 959. The molecule has 0 radical (unpaired) electrons. The Morgan fingerprint density at radius 3 is 2.74 bits per heavy atom. The van der Waals surface area contributed by atoms with Crippen molar-refractivity contribution in [2.45, 2.75) is 26.3 Å². The summed E-state index contributed by atoms with van der Waals surface area (Å²) in [6, 6.07) is 1.52. The summed E-state index contributed by atoms with van der Waals surface area (Å²) in [7, 11) is 1.52. The number of aromatic amines is 1. The number of rotatable bonds is 5. The molecule has 3 heterocycles. The molecule has 1 aliphatic heterocycles. The normalized spacial score (nSPS) is 16.4. The van der Waals surface area contributed by atoms with E-state index in [0.29, 0.717) is 31.9 Å². The minimum atomic E-state index is -0.603. The summed E-state index contributed by atoms with van der Waals surface area (Å²) in [5, 5.41) is 3.09. The van der Waals surface area contributed by atoms with Crippen LogP contribution >= 0.6 is 0 Å². The van der Waals surface area contributed by atoms with Crippen molar-refractivity contribution in [3.63, 3.8) is 0 Å². The van der Waals surface area contributed by atoms with Crippen molar-refractivity contribution in [2.75, 3.05) is 32.8 Å². The van der Waals surface area contributed by atoms with Crippen LogP contribution in [0.1, 0.15) is 29.9 Å².